The van der Waals surface area contributed by atoms with Crippen molar-refractivity contribution in [2.24, 2.45) is 0 Å². The number of nitrogens with one attached hydrogen (secondary N) is 1. The molecule has 31 heavy (non-hydrogen) atoms. The first-order valence-electron chi connectivity index (χ1n) is 9.69. The second-order valence-electron chi connectivity index (χ2n) is 7.32. The summed E-state index contributed by atoms with van der Waals surface area (Å²) in [5, 5.41) is 13.6. The number of carbonyl (C=O) groups is 2. The standard InChI is InChI=1S/C24H19F2NO4/c25-15-9-14(10-16(26)12-15)11-22(23(28)29)27-24(30)31-13-21-19-7-3-1-5-17(19)18-6-2-4-8-20(18)21/h1-10,12,21-22H,11,13H2,(H,27,30)(H,28,29)/p-1/t22-/m0/s1. The molecule has 0 radical (unpaired) electrons. The number of hydrogen-bond donors (Lipinski definition) is 1. The van der Waals surface area contributed by atoms with Crippen molar-refractivity contribution in [1.29, 1.82) is 0 Å². The van der Waals surface area contributed by atoms with Crippen molar-refractivity contribution in [3.05, 3.63) is 95.1 Å². The summed E-state index contributed by atoms with van der Waals surface area (Å²) >= 11 is 0. The molecular weight excluding hydrogens is 404 g/mol. The highest BCUT2D eigenvalue weighted by atomic mass is 19.1. The lowest BCUT2D eigenvalue weighted by molar-refractivity contribution is -0.308. The quantitative estimate of drug-likeness (QED) is 0.662. The van der Waals surface area contributed by atoms with E-state index in [0.717, 1.165) is 34.4 Å². The van der Waals surface area contributed by atoms with Gasteiger partial charge in [-0.3, -0.25) is 0 Å². The van der Waals surface area contributed by atoms with Gasteiger partial charge in [-0.2, -0.15) is 0 Å². The minimum Gasteiger partial charge on any atom is -0.548 e. The van der Waals surface area contributed by atoms with E-state index in [1.807, 2.05) is 48.5 Å². The molecule has 0 saturated carbocycles. The van der Waals surface area contributed by atoms with Gasteiger partial charge in [0.15, 0.2) is 0 Å². The first kappa shape index (κ1) is 20.5. The predicted octanol–water partition coefficient (Wildman–Crippen LogP) is 3.16. The molecule has 0 heterocycles. The number of benzene rings is 3. The number of carboxylic acids is 1. The predicted molar refractivity (Wildman–Crippen MR) is 107 cm³/mol. The lowest BCUT2D eigenvalue weighted by Crippen LogP contribution is -2.49. The molecule has 1 amide bonds. The Kier molecular flexibility index (Phi) is 5.66. The van der Waals surface area contributed by atoms with Gasteiger partial charge >= 0.3 is 6.09 Å². The molecule has 0 bridgehead atoms. The Morgan fingerprint density at radius 3 is 2.03 bits per heavy atom. The maximum Gasteiger partial charge on any atom is 0.407 e. The number of carboxylic acid groups (broad SMARTS) is 1. The van der Waals surface area contributed by atoms with Crippen LogP contribution in [0.3, 0.4) is 0 Å². The Morgan fingerprint density at radius 2 is 1.48 bits per heavy atom. The molecule has 0 saturated heterocycles. The number of hydrogen-bond acceptors (Lipinski definition) is 4. The monoisotopic (exact) mass is 422 g/mol. The van der Waals surface area contributed by atoms with Gasteiger partial charge in [0, 0.05) is 12.0 Å². The number of fused-ring (bicyclic) bond motifs is 3. The Morgan fingerprint density at radius 1 is 0.935 bits per heavy atom. The Bertz CT molecular complexity index is 1080. The van der Waals surface area contributed by atoms with Gasteiger partial charge in [0.2, 0.25) is 0 Å². The van der Waals surface area contributed by atoms with Gasteiger partial charge in [-0.05, 0) is 46.4 Å². The molecule has 1 N–H and O–H groups in total. The maximum absolute atomic E-state index is 13.4. The van der Waals surface area contributed by atoms with Crippen LogP contribution in [0.5, 0.6) is 0 Å². The largest absolute Gasteiger partial charge is 0.548 e. The molecule has 0 aliphatic heterocycles. The average molecular weight is 422 g/mol. The molecule has 0 aromatic heterocycles. The third-order valence-corrected chi connectivity index (χ3v) is 5.28. The second kappa shape index (κ2) is 8.55. The van der Waals surface area contributed by atoms with Crippen molar-refractivity contribution in [2.45, 2.75) is 18.4 Å². The molecule has 5 nitrogen and oxygen atoms in total. The Balaban J connectivity index is 1.44. The minimum absolute atomic E-state index is 0.00816. The van der Waals surface area contributed by atoms with Crippen LogP contribution >= 0.6 is 0 Å². The number of ether oxygens (including phenoxy) is 1. The topological polar surface area (TPSA) is 78.5 Å². The van der Waals surface area contributed by atoms with Crippen molar-refractivity contribution in [3.63, 3.8) is 0 Å². The molecular formula is C24H18F2NO4-. The third kappa shape index (κ3) is 4.40. The molecule has 1 aliphatic carbocycles. The summed E-state index contributed by atoms with van der Waals surface area (Å²) in [5.74, 6) is -3.45. The fourth-order valence-electron chi connectivity index (χ4n) is 3.94. The highest BCUT2D eigenvalue weighted by Gasteiger charge is 2.29. The van der Waals surface area contributed by atoms with E-state index in [1.165, 1.54) is 0 Å². The number of carbonyl (C=O) groups excluding carboxylic acids is 2. The van der Waals surface area contributed by atoms with E-state index in [1.54, 1.807) is 0 Å². The van der Waals surface area contributed by atoms with Gasteiger partial charge in [0.25, 0.3) is 0 Å². The highest BCUT2D eigenvalue weighted by molar-refractivity contribution is 5.80. The number of amides is 1. The molecule has 4 rings (SSSR count). The van der Waals surface area contributed by atoms with Crippen LogP contribution in [-0.2, 0) is 16.0 Å². The summed E-state index contributed by atoms with van der Waals surface area (Å²) in [6.45, 7) is 0.00816. The summed E-state index contributed by atoms with van der Waals surface area (Å²) in [6.07, 6.45) is -1.30. The van der Waals surface area contributed by atoms with Crippen LogP contribution in [0.25, 0.3) is 11.1 Å². The number of halogens is 2. The van der Waals surface area contributed by atoms with Gasteiger partial charge in [0.05, 0.1) is 12.0 Å². The smallest absolute Gasteiger partial charge is 0.407 e. The van der Waals surface area contributed by atoms with Gasteiger partial charge < -0.3 is 20.0 Å². The molecule has 0 fully saturated rings. The van der Waals surface area contributed by atoms with Crippen molar-refractivity contribution in [3.8, 4) is 11.1 Å². The Labute approximate surface area is 177 Å². The van der Waals surface area contributed by atoms with E-state index < -0.39 is 29.7 Å². The molecule has 1 atom stereocenters. The molecule has 7 heteroatoms. The molecule has 0 spiro atoms. The van der Waals surface area contributed by atoms with E-state index in [4.69, 9.17) is 4.74 Å². The zero-order chi connectivity index (χ0) is 22.0. The van der Waals surface area contributed by atoms with Crippen LogP contribution in [0.15, 0.2) is 66.7 Å². The van der Waals surface area contributed by atoms with E-state index >= 15 is 0 Å². The van der Waals surface area contributed by atoms with Crippen LogP contribution in [0, 0.1) is 11.6 Å². The fraction of sp³-hybridized carbons (Fsp3) is 0.167. The molecule has 158 valence electrons. The second-order valence-corrected chi connectivity index (χ2v) is 7.32. The molecule has 3 aromatic rings. The number of alkyl carbamates (subject to hydrolysis) is 1. The number of aliphatic carboxylic acids is 1. The van der Waals surface area contributed by atoms with Gasteiger partial charge in [-0.15, -0.1) is 0 Å². The molecule has 1 aliphatic rings. The summed E-state index contributed by atoms with van der Waals surface area (Å²) in [7, 11) is 0. The van der Waals surface area contributed by atoms with E-state index in [2.05, 4.69) is 5.32 Å². The van der Waals surface area contributed by atoms with Crippen LogP contribution in [0.1, 0.15) is 22.6 Å². The van der Waals surface area contributed by atoms with Crippen LogP contribution in [-0.4, -0.2) is 24.7 Å². The Hall–Kier alpha value is -3.74. The van der Waals surface area contributed by atoms with Crippen molar-refractivity contribution >= 4 is 12.1 Å². The van der Waals surface area contributed by atoms with Crippen molar-refractivity contribution in [2.75, 3.05) is 6.61 Å². The van der Waals surface area contributed by atoms with Crippen LogP contribution in [0.2, 0.25) is 0 Å². The van der Waals surface area contributed by atoms with E-state index in [9.17, 15) is 23.5 Å². The van der Waals surface area contributed by atoms with Gasteiger partial charge in [-0.25, -0.2) is 13.6 Å². The maximum atomic E-state index is 13.4. The molecule has 3 aromatic carbocycles. The number of rotatable bonds is 6. The van der Waals surface area contributed by atoms with Crippen molar-refractivity contribution in [1.82, 2.24) is 5.32 Å². The lowest BCUT2D eigenvalue weighted by Gasteiger charge is -2.21. The molecule has 0 unspecified atom stereocenters. The van der Waals surface area contributed by atoms with Gasteiger partial charge in [0.1, 0.15) is 18.2 Å². The fourth-order valence-corrected chi connectivity index (χ4v) is 3.94. The van der Waals surface area contributed by atoms with Crippen LogP contribution < -0.4 is 10.4 Å². The highest BCUT2D eigenvalue weighted by Crippen LogP contribution is 2.44. The lowest BCUT2D eigenvalue weighted by atomic mass is 9.98. The SMILES string of the molecule is O=C(N[C@@H](Cc1cc(F)cc(F)c1)C(=O)[O-])OCC1c2ccccc2-c2ccccc21. The van der Waals surface area contributed by atoms with Gasteiger partial charge in [-0.1, -0.05) is 48.5 Å². The average Bonchev–Trinajstić information content (AvgIpc) is 3.05. The first-order chi connectivity index (χ1) is 14.9. The zero-order valence-corrected chi connectivity index (χ0v) is 16.3. The summed E-state index contributed by atoms with van der Waals surface area (Å²) in [6, 6.07) is 16.8. The zero-order valence-electron chi connectivity index (χ0n) is 16.3. The van der Waals surface area contributed by atoms with E-state index in [0.29, 0.717) is 6.07 Å². The summed E-state index contributed by atoms with van der Waals surface area (Å²) in [5.41, 5.74) is 4.23. The van der Waals surface area contributed by atoms with Crippen molar-refractivity contribution < 1.29 is 28.2 Å². The normalized spacial score (nSPS) is 13.2. The summed E-state index contributed by atoms with van der Waals surface area (Å²) in [4.78, 5) is 23.7. The first-order valence-corrected chi connectivity index (χ1v) is 9.69. The van der Waals surface area contributed by atoms with Crippen LogP contribution in [0.4, 0.5) is 13.6 Å². The minimum atomic E-state index is -1.59. The summed E-state index contributed by atoms with van der Waals surface area (Å²) < 4.78 is 32.0. The van der Waals surface area contributed by atoms with E-state index in [-0.39, 0.29) is 24.5 Å². The third-order valence-electron chi connectivity index (χ3n) is 5.28.